The van der Waals surface area contributed by atoms with Gasteiger partial charge in [0.25, 0.3) is 0 Å². The highest BCUT2D eigenvalue weighted by molar-refractivity contribution is 7.00. The predicted molar refractivity (Wildman–Crippen MR) is 84.8 cm³/mol. The Kier molecular flexibility index (Phi) is 3.78. The minimum absolute atomic E-state index is 0.684. The van der Waals surface area contributed by atoms with Crippen molar-refractivity contribution in [3.05, 3.63) is 18.2 Å². The van der Waals surface area contributed by atoms with Gasteiger partial charge >= 0.3 is 0 Å². The first-order valence-corrected chi connectivity index (χ1v) is 8.72. The smallest absolute Gasteiger partial charge is 0.121 e. The third-order valence-corrected chi connectivity index (χ3v) is 5.47. The normalized spacial score (nSPS) is 26.7. The summed E-state index contributed by atoms with van der Waals surface area (Å²) < 4.78 is 14.6. The van der Waals surface area contributed by atoms with Gasteiger partial charge in [0.2, 0.25) is 0 Å². The van der Waals surface area contributed by atoms with Crippen molar-refractivity contribution in [3.8, 4) is 5.75 Å². The van der Waals surface area contributed by atoms with Gasteiger partial charge in [-0.2, -0.15) is 8.75 Å². The molecule has 1 aromatic heterocycles. The van der Waals surface area contributed by atoms with E-state index in [1.807, 2.05) is 18.2 Å². The van der Waals surface area contributed by atoms with Crippen LogP contribution in [-0.2, 0) is 0 Å². The first kappa shape index (κ1) is 13.5. The van der Waals surface area contributed by atoms with E-state index >= 15 is 0 Å². The molecule has 0 spiro atoms. The highest BCUT2D eigenvalue weighted by Crippen LogP contribution is 2.31. The van der Waals surface area contributed by atoms with Crippen LogP contribution in [0.15, 0.2) is 18.2 Å². The Morgan fingerprint density at radius 1 is 1.10 bits per heavy atom. The molecule has 3 heterocycles. The molecule has 0 amide bonds. The van der Waals surface area contributed by atoms with E-state index in [4.69, 9.17) is 4.74 Å². The Morgan fingerprint density at radius 2 is 2.00 bits per heavy atom. The lowest BCUT2D eigenvalue weighted by molar-refractivity contribution is 0.0366. The number of rotatable bonds is 3. The first-order valence-electron chi connectivity index (χ1n) is 7.99. The van der Waals surface area contributed by atoms with E-state index in [1.165, 1.54) is 56.9 Å². The minimum Gasteiger partial charge on any atom is -0.493 e. The minimum atomic E-state index is 0.684. The molecule has 0 bridgehead atoms. The van der Waals surface area contributed by atoms with Crippen molar-refractivity contribution in [2.75, 3.05) is 19.7 Å². The second-order valence-corrected chi connectivity index (χ2v) is 6.76. The third-order valence-electron chi connectivity index (χ3n) is 4.92. The van der Waals surface area contributed by atoms with Crippen molar-refractivity contribution in [1.82, 2.24) is 13.6 Å². The zero-order valence-corrected chi connectivity index (χ0v) is 13.0. The summed E-state index contributed by atoms with van der Waals surface area (Å²) in [6.07, 6.45) is 6.73. The Morgan fingerprint density at radius 3 is 3.00 bits per heavy atom. The Hall–Kier alpha value is -1.20. The van der Waals surface area contributed by atoms with Crippen LogP contribution in [0.25, 0.3) is 11.0 Å². The topological polar surface area (TPSA) is 38.3 Å². The van der Waals surface area contributed by atoms with Crippen LogP contribution in [0.2, 0.25) is 0 Å². The molecule has 2 aliphatic heterocycles. The molecule has 2 aliphatic rings. The highest BCUT2D eigenvalue weighted by atomic mass is 32.1. The number of benzene rings is 1. The average molecular weight is 303 g/mol. The monoisotopic (exact) mass is 303 g/mol. The van der Waals surface area contributed by atoms with E-state index in [1.54, 1.807) is 0 Å². The summed E-state index contributed by atoms with van der Waals surface area (Å²) >= 11 is 1.26. The second kappa shape index (κ2) is 5.89. The van der Waals surface area contributed by atoms with E-state index in [0.717, 1.165) is 29.4 Å². The third kappa shape index (κ3) is 2.77. The lowest BCUT2D eigenvalue weighted by Crippen LogP contribution is -2.49. The SMILES string of the molecule is c1cc2nsnc2cc1OCC1CCCN2CCCCC12. The first-order chi connectivity index (χ1) is 10.4. The van der Waals surface area contributed by atoms with Gasteiger partial charge in [-0.05, 0) is 50.9 Å². The molecular formula is C16H21N3OS. The molecule has 0 N–H and O–H groups in total. The molecule has 2 unspecified atom stereocenters. The maximum absolute atomic E-state index is 6.08. The van der Waals surface area contributed by atoms with Gasteiger partial charge in [0.05, 0.1) is 18.3 Å². The van der Waals surface area contributed by atoms with Gasteiger partial charge in [0, 0.05) is 18.0 Å². The number of aromatic nitrogens is 2. The molecular weight excluding hydrogens is 282 g/mol. The molecule has 4 nitrogen and oxygen atoms in total. The molecule has 1 aromatic carbocycles. The van der Waals surface area contributed by atoms with Crippen LogP contribution in [0.4, 0.5) is 0 Å². The Bertz CT molecular complexity index is 612. The lowest BCUT2D eigenvalue weighted by Gasteiger charge is -2.44. The average Bonchev–Trinajstić information content (AvgIpc) is 3.00. The van der Waals surface area contributed by atoms with Crippen molar-refractivity contribution in [1.29, 1.82) is 0 Å². The zero-order chi connectivity index (χ0) is 14.1. The Balaban J connectivity index is 1.43. The van der Waals surface area contributed by atoms with E-state index in [0.29, 0.717) is 5.92 Å². The van der Waals surface area contributed by atoms with Gasteiger partial charge in [0.15, 0.2) is 0 Å². The van der Waals surface area contributed by atoms with E-state index < -0.39 is 0 Å². The molecule has 112 valence electrons. The van der Waals surface area contributed by atoms with Crippen LogP contribution in [0.3, 0.4) is 0 Å². The summed E-state index contributed by atoms with van der Waals surface area (Å²) in [5.41, 5.74) is 1.91. The fraction of sp³-hybridized carbons (Fsp3) is 0.625. The fourth-order valence-corrected chi connectivity index (χ4v) is 4.34. The van der Waals surface area contributed by atoms with E-state index in [9.17, 15) is 0 Å². The van der Waals surface area contributed by atoms with Crippen molar-refractivity contribution in [2.24, 2.45) is 5.92 Å². The molecule has 21 heavy (non-hydrogen) atoms. The van der Waals surface area contributed by atoms with Crippen LogP contribution in [0.1, 0.15) is 32.1 Å². The summed E-state index contributed by atoms with van der Waals surface area (Å²) in [6.45, 7) is 3.42. The number of nitrogens with zero attached hydrogens (tertiary/aromatic N) is 3. The van der Waals surface area contributed by atoms with Crippen LogP contribution >= 0.6 is 11.7 Å². The number of piperidine rings is 2. The summed E-state index contributed by atoms with van der Waals surface area (Å²) in [5.74, 6) is 1.62. The molecule has 2 aromatic rings. The van der Waals surface area contributed by atoms with Gasteiger partial charge < -0.3 is 4.74 Å². The largest absolute Gasteiger partial charge is 0.493 e. The van der Waals surface area contributed by atoms with Crippen LogP contribution in [0.5, 0.6) is 5.75 Å². The predicted octanol–water partition coefficient (Wildman–Crippen LogP) is 3.33. The fourth-order valence-electron chi connectivity index (χ4n) is 3.83. The van der Waals surface area contributed by atoms with Gasteiger partial charge in [-0.25, -0.2) is 0 Å². The number of hydrogen-bond donors (Lipinski definition) is 0. The van der Waals surface area contributed by atoms with Gasteiger partial charge in [0.1, 0.15) is 16.8 Å². The van der Waals surface area contributed by atoms with E-state index in [-0.39, 0.29) is 0 Å². The molecule has 0 radical (unpaired) electrons. The quantitative estimate of drug-likeness (QED) is 0.871. The van der Waals surface area contributed by atoms with Crippen molar-refractivity contribution < 1.29 is 4.74 Å². The Labute approximate surface area is 129 Å². The van der Waals surface area contributed by atoms with Crippen LogP contribution in [0, 0.1) is 5.92 Å². The van der Waals surface area contributed by atoms with Gasteiger partial charge in [-0.3, -0.25) is 4.90 Å². The maximum atomic E-state index is 6.08. The van der Waals surface area contributed by atoms with Gasteiger partial charge in [-0.15, -0.1) is 0 Å². The molecule has 4 rings (SSSR count). The summed E-state index contributed by atoms with van der Waals surface area (Å²) in [5, 5.41) is 0. The van der Waals surface area contributed by atoms with Crippen molar-refractivity contribution in [2.45, 2.75) is 38.1 Å². The zero-order valence-electron chi connectivity index (χ0n) is 12.2. The van der Waals surface area contributed by atoms with Crippen LogP contribution < -0.4 is 4.74 Å². The summed E-state index contributed by atoms with van der Waals surface area (Å²) in [7, 11) is 0. The number of hydrogen-bond acceptors (Lipinski definition) is 5. The standard InChI is InChI=1S/C16H21N3OS/c1-2-8-19-9-3-4-12(16(19)5-1)11-20-13-6-7-14-15(10-13)18-21-17-14/h6-7,10,12,16H,1-5,8-9,11H2. The molecule has 5 heteroatoms. The molecule has 0 saturated carbocycles. The van der Waals surface area contributed by atoms with Crippen molar-refractivity contribution in [3.63, 3.8) is 0 Å². The molecule has 2 atom stereocenters. The summed E-state index contributed by atoms with van der Waals surface area (Å²) in [6, 6.07) is 6.78. The number of ether oxygens (including phenoxy) is 1. The highest BCUT2D eigenvalue weighted by Gasteiger charge is 2.33. The number of fused-ring (bicyclic) bond motifs is 2. The lowest BCUT2D eigenvalue weighted by atomic mass is 9.84. The maximum Gasteiger partial charge on any atom is 0.121 e. The molecule has 2 saturated heterocycles. The second-order valence-electron chi connectivity index (χ2n) is 6.23. The van der Waals surface area contributed by atoms with E-state index in [2.05, 4.69) is 13.6 Å². The summed E-state index contributed by atoms with van der Waals surface area (Å²) in [4.78, 5) is 2.69. The molecule has 0 aliphatic carbocycles. The van der Waals surface area contributed by atoms with Crippen LogP contribution in [-0.4, -0.2) is 39.4 Å². The van der Waals surface area contributed by atoms with Crippen molar-refractivity contribution >= 4 is 22.8 Å². The van der Waals surface area contributed by atoms with Gasteiger partial charge in [-0.1, -0.05) is 6.42 Å². The molecule has 2 fully saturated rings.